The van der Waals surface area contributed by atoms with Crippen LogP contribution in [0, 0.1) is 12.3 Å². The predicted octanol–water partition coefficient (Wildman–Crippen LogP) is 3.54. The fourth-order valence-electron chi connectivity index (χ4n) is 2.96. The van der Waals surface area contributed by atoms with Crippen LogP contribution in [0.4, 0.5) is 0 Å². The third kappa shape index (κ3) is 2.86. The molecule has 1 fully saturated rings. The van der Waals surface area contributed by atoms with Crippen molar-refractivity contribution in [2.45, 2.75) is 52.7 Å². The molecule has 1 saturated carbocycles. The van der Waals surface area contributed by atoms with E-state index in [2.05, 4.69) is 57.3 Å². The highest BCUT2D eigenvalue weighted by Gasteiger charge is 2.42. The largest absolute Gasteiger partial charge is 0.489 e. The minimum absolute atomic E-state index is 0.293. The Bertz CT molecular complexity index is 400. The first-order valence-electron chi connectivity index (χ1n) is 6.99. The Balaban J connectivity index is 2.09. The Kier molecular flexibility index (Phi) is 3.96. The van der Waals surface area contributed by atoms with Crippen molar-refractivity contribution in [1.29, 1.82) is 0 Å². The number of hydrogen-bond donors (Lipinski definition) is 1. The van der Waals surface area contributed by atoms with E-state index >= 15 is 0 Å². The van der Waals surface area contributed by atoms with Gasteiger partial charge in [-0.25, -0.2) is 0 Å². The van der Waals surface area contributed by atoms with Crippen LogP contribution in [0.15, 0.2) is 24.3 Å². The number of rotatable bonds is 4. The normalized spacial score (nSPS) is 26.2. The summed E-state index contributed by atoms with van der Waals surface area (Å²) in [5.74, 6) is 1.00. The van der Waals surface area contributed by atoms with Crippen molar-refractivity contribution < 1.29 is 4.74 Å². The fourth-order valence-corrected chi connectivity index (χ4v) is 2.96. The van der Waals surface area contributed by atoms with Crippen LogP contribution in [-0.2, 0) is 0 Å². The Morgan fingerprint density at radius 2 is 2.17 bits per heavy atom. The third-order valence-corrected chi connectivity index (χ3v) is 3.99. The molecule has 2 heteroatoms. The molecule has 2 atom stereocenters. The summed E-state index contributed by atoms with van der Waals surface area (Å²) in [6, 6.07) is 8.79. The maximum Gasteiger partial charge on any atom is 0.120 e. The SMILES string of the molecule is CCNC1C(Oc2cccc(C)c2)CCC1(C)C. The van der Waals surface area contributed by atoms with Crippen molar-refractivity contribution in [2.75, 3.05) is 6.54 Å². The number of ether oxygens (including phenoxy) is 1. The second-order valence-corrected chi connectivity index (χ2v) is 6.04. The van der Waals surface area contributed by atoms with Crippen molar-refractivity contribution in [3.8, 4) is 5.75 Å². The van der Waals surface area contributed by atoms with Gasteiger partial charge in [0.15, 0.2) is 0 Å². The molecule has 2 unspecified atom stereocenters. The van der Waals surface area contributed by atoms with Gasteiger partial charge >= 0.3 is 0 Å². The van der Waals surface area contributed by atoms with Gasteiger partial charge in [-0.15, -0.1) is 0 Å². The molecule has 1 N–H and O–H groups in total. The zero-order chi connectivity index (χ0) is 13.2. The van der Waals surface area contributed by atoms with Crippen LogP contribution in [0.1, 0.15) is 39.2 Å². The quantitative estimate of drug-likeness (QED) is 0.878. The van der Waals surface area contributed by atoms with Gasteiger partial charge in [-0.1, -0.05) is 32.9 Å². The standard InChI is InChI=1S/C16H25NO/c1-5-17-15-14(9-10-16(15,3)4)18-13-8-6-7-12(2)11-13/h6-8,11,14-15,17H,5,9-10H2,1-4H3. The average Bonchev–Trinajstić information content (AvgIpc) is 2.57. The zero-order valence-electron chi connectivity index (χ0n) is 12.0. The highest BCUT2D eigenvalue weighted by molar-refractivity contribution is 5.28. The van der Waals surface area contributed by atoms with Crippen LogP contribution >= 0.6 is 0 Å². The topological polar surface area (TPSA) is 21.3 Å². The van der Waals surface area contributed by atoms with Gasteiger partial charge in [0.1, 0.15) is 11.9 Å². The molecule has 1 aliphatic rings. The monoisotopic (exact) mass is 247 g/mol. The summed E-state index contributed by atoms with van der Waals surface area (Å²) in [5.41, 5.74) is 1.58. The van der Waals surface area contributed by atoms with Gasteiger partial charge in [-0.2, -0.15) is 0 Å². The number of aryl methyl sites for hydroxylation is 1. The molecule has 100 valence electrons. The zero-order valence-corrected chi connectivity index (χ0v) is 12.0. The van der Waals surface area contributed by atoms with Gasteiger partial charge < -0.3 is 10.1 Å². The summed E-state index contributed by atoms with van der Waals surface area (Å²) >= 11 is 0. The molecular weight excluding hydrogens is 222 g/mol. The second-order valence-electron chi connectivity index (χ2n) is 6.04. The summed E-state index contributed by atoms with van der Waals surface area (Å²) in [4.78, 5) is 0. The molecule has 0 saturated heterocycles. The maximum atomic E-state index is 6.19. The van der Waals surface area contributed by atoms with Gasteiger partial charge in [0.2, 0.25) is 0 Å². The fraction of sp³-hybridized carbons (Fsp3) is 0.625. The van der Waals surface area contributed by atoms with Gasteiger partial charge in [0, 0.05) is 6.04 Å². The molecule has 1 aliphatic carbocycles. The van der Waals surface area contributed by atoms with E-state index in [-0.39, 0.29) is 0 Å². The van der Waals surface area contributed by atoms with Crippen molar-refractivity contribution in [3.63, 3.8) is 0 Å². The molecule has 0 heterocycles. The summed E-state index contributed by atoms with van der Waals surface area (Å²) in [6.45, 7) is 9.94. The summed E-state index contributed by atoms with van der Waals surface area (Å²) in [5, 5.41) is 3.59. The summed E-state index contributed by atoms with van der Waals surface area (Å²) in [6.07, 6.45) is 2.65. The molecule has 0 aliphatic heterocycles. The first-order valence-corrected chi connectivity index (χ1v) is 6.99. The van der Waals surface area contributed by atoms with Gasteiger partial charge in [-0.3, -0.25) is 0 Å². The van der Waals surface area contributed by atoms with E-state index in [4.69, 9.17) is 4.74 Å². The van der Waals surface area contributed by atoms with Crippen molar-refractivity contribution in [2.24, 2.45) is 5.41 Å². The van der Waals surface area contributed by atoms with Crippen LogP contribution < -0.4 is 10.1 Å². The van der Waals surface area contributed by atoms with E-state index in [9.17, 15) is 0 Å². The third-order valence-electron chi connectivity index (χ3n) is 3.99. The van der Waals surface area contributed by atoms with Crippen molar-refractivity contribution in [3.05, 3.63) is 29.8 Å². The van der Waals surface area contributed by atoms with E-state index in [1.807, 2.05) is 0 Å². The molecule has 0 amide bonds. The van der Waals surface area contributed by atoms with Crippen LogP contribution in [-0.4, -0.2) is 18.7 Å². The molecule has 0 radical (unpaired) electrons. The Hall–Kier alpha value is -1.02. The van der Waals surface area contributed by atoms with Crippen LogP contribution in [0.5, 0.6) is 5.75 Å². The van der Waals surface area contributed by atoms with E-state index in [0.717, 1.165) is 18.7 Å². The van der Waals surface area contributed by atoms with Crippen molar-refractivity contribution >= 4 is 0 Å². The van der Waals surface area contributed by atoms with E-state index in [1.165, 1.54) is 12.0 Å². The predicted molar refractivity (Wildman–Crippen MR) is 76.1 cm³/mol. The number of nitrogens with one attached hydrogen (secondary N) is 1. The first-order chi connectivity index (χ1) is 8.53. The molecular formula is C16H25NO. The number of likely N-dealkylation sites (N-methyl/N-ethyl adjacent to an activating group) is 1. The molecule has 0 bridgehead atoms. The molecule has 1 aromatic rings. The van der Waals surface area contributed by atoms with Gasteiger partial charge in [-0.05, 0) is 49.4 Å². The molecule has 2 nitrogen and oxygen atoms in total. The highest BCUT2D eigenvalue weighted by Crippen LogP contribution is 2.39. The van der Waals surface area contributed by atoms with Crippen LogP contribution in [0.2, 0.25) is 0 Å². The van der Waals surface area contributed by atoms with Crippen LogP contribution in [0.25, 0.3) is 0 Å². The summed E-state index contributed by atoms with van der Waals surface area (Å²) in [7, 11) is 0. The lowest BCUT2D eigenvalue weighted by Gasteiger charge is -2.31. The smallest absolute Gasteiger partial charge is 0.120 e. The van der Waals surface area contributed by atoms with Gasteiger partial charge in [0.25, 0.3) is 0 Å². The number of benzene rings is 1. The van der Waals surface area contributed by atoms with E-state index in [0.29, 0.717) is 17.6 Å². The van der Waals surface area contributed by atoms with Crippen LogP contribution in [0.3, 0.4) is 0 Å². The first kappa shape index (κ1) is 13.4. The average molecular weight is 247 g/mol. The minimum Gasteiger partial charge on any atom is -0.489 e. The molecule has 0 spiro atoms. The summed E-state index contributed by atoms with van der Waals surface area (Å²) < 4.78 is 6.19. The second kappa shape index (κ2) is 5.31. The Labute approximate surface area is 111 Å². The Morgan fingerprint density at radius 3 is 2.83 bits per heavy atom. The molecule has 1 aromatic carbocycles. The van der Waals surface area contributed by atoms with Crippen molar-refractivity contribution in [1.82, 2.24) is 5.32 Å². The van der Waals surface area contributed by atoms with E-state index in [1.54, 1.807) is 0 Å². The molecule has 0 aromatic heterocycles. The lowest BCUT2D eigenvalue weighted by molar-refractivity contribution is 0.141. The maximum absolute atomic E-state index is 6.19. The lowest BCUT2D eigenvalue weighted by atomic mass is 9.87. The number of hydrogen-bond acceptors (Lipinski definition) is 2. The lowest BCUT2D eigenvalue weighted by Crippen LogP contribution is -2.46. The van der Waals surface area contributed by atoms with E-state index < -0.39 is 0 Å². The molecule has 18 heavy (non-hydrogen) atoms. The van der Waals surface area contributed by atoms with Gasteiger partial charge in [0.05, 0.1) is 0 Å². The molecule has 2 rings (SSSR count). The highest BCUT2D eigenvalue weighted by atomic mass is 16.5. The Morgan fingerprint density at radius 1 is 1.39 bits per heavy atom. The minimum atomic E-state index is 0.293.